The van der Waals surface area contributed by atoms with Crippen LogP contribution in [-0.2, 0) is 0 Å². The third kappa shape index (κ3) is 6.19. The van der Waals surface area contributed by atoms with Crippen LogP contribution in [0.1, 0.15) is 23.7 Å². The zero-order valence-corrected chi connectivity index (χ0v) is 26.1. The summed E-state index contributed by atoms with van der Waals surface area (Å²) in [5.74, 6) is 4.18. The van der Waals surface area contributed by atoms with Crippen LogP contribution >= 0.6 is 0 Å². The van der Waals surface area contributed by atoms with Crippen molar-refractivity contribution in [2.75, 3.05) is 0 Å². The molecule has 0 bridgehead atoms. The number of rotatable bonds is 7. The van der Waals surface area contributed by atoms with Crippen molar-refractivity contribution in [3.8, 4) is 56.9 Å². The van der Waals surface area contributed by atoms with Gasteiger partial charge in [0.05, 0.1) is 0 Å². The van der Waals surface area contributed by atoms with Gasteiger partial charge in [0, 0.05) is 39.3 Å². The first-order chi connectivity index (χ1) is 23.8. The van der Waals surface area contributed by atoms with Crippen molar-refractivity contribution < 1.29 is 0 Å². The summed E-state index contributed by atoms with van der Waals surface area (Å²) >= 11 is 0. The zero-order valence-electron chi connectivity index (χ0n) is 26.1. The van der Waals surface area contributed by atoms with Crippen molar-refractivity contribution in [3.63, 3.8) is 0 Å². The van der Waals surface area contributed by atoms with Crippen LogP contribution < -0.4 is 0 Å². The van der Waals surface area contributed by atoms with Gasteiger partial charge in [-0.25, -0.2) is 29.9 Å². The lowest BCUT2D eigenvalue weighted by Crippen LogP contribution is -2.05. The highest BCUT2D eigenvalue weighted by Crippen LogP contribution is 2.32. The molecule has 8 rings (SSSR count). The summed E-state index contributed by atoms with van der Waals surface area (Å²) in [5, 5.41) is 0. The van der Waals surface area contributed by atoms with Gasteiger partial charge in [-0.1, -0.05) is 164 Å². The molecular formula is C42H30N6. The first kappa shape index (κ1) is 29.0. The fraction of sp³-hybridized carbons (Fsp3) is 0.0476. The van der Waals surface area contributed by atoms with E-state index in [1.54, 1.807) is 0 Å². The molecule has 1 aliphatic carbocycles. The van der Waals surface area contributed by atoms with Crippen LogP contribution in [0.3, 0.4) is 0 Å². The Morgan fingerprint density at radius 1 is 0.354 bits per heavy atom. The predicted molar refractivity (Wildman–Crippen MR) is 191 cm³/mol. The summed E-state index contributed by atoms with van der Waals surface area (Å²) in [4.78, 5) is 29.2. The van der Waals surface area contributed by atoms with Gasteiger partial charge in [0.25, 0.3) is 0 Å². The molecule has 48 heavy (non-hydrogen) atoms. The zero-order chi connectivity index (χ0) is 32.1. The van der Waals surface area contributed by atoms with Crippen LogP contribution in [0, 0.1) is 0 Å². The van der Waals surface area contributed by atoms with Crippen molar-refractivity contribution >= 4 is 5.57 Å². The van der Waals surface area contributed by atoms with E-state index in [1.165, 1.54) is 5.56 Å². The maximum absolute atomic E-state index is 4.89. The first-order valence-corrected chi connectivity index (χ1v) is 16.0. The molecule has 0 amide bonds. The van der Waals surface area contributed by atoms with Crippen LogP contribution in [0.4, 0.5) is 0 Å². The minimum Gasteiger partial charge on any atom is -0.208 e. The third-order valence-corrected chi connectivity index (χ3v) is 8.35. The van der Waals surface area contributed by atoms with Gasteiger partial charge in [-0.05, 0) is 12.0 Å². The molecule has 0 aliphatic heterocycles. The molecule has 7 aromatic rings. The smallest absolute Gasteiger partial charge is 0.164 e. The maximum atomic E-state index is 4.89. The summed E-state index contributed by atoms with van der Waals surface area (Å²) < 4.78 is 0. The minimum atomic E-state index is 0.227. The number of hydrogen-bond acceptors (Lipinski definition) is 6. The fourth-order valence-corrected chi connectivity index (χ4v) is 5.79. The summed E-state index contributed by atoms with van der Waals surface area (Å²) in [6.45, 7) is 0. The van der Waals surface area contributed by atoms with Crippen molar-refractivity contribution in [2.45, 2.75) is 12.3 Å². The van der Waals surface area contributed by atoms with E-state index in [9.17, 15) is 0 Å². The van der Waals surface area contributed by atoms with E-state index in [4.69, 9.17) is 29.9 Å². The van der Waals surface area contributed by atoms with Crippen LogP contribution in [-0.4, -0.2) is 29.9 Å². The van der Waals surface area contributed by atoms with Gasteiger partial charge < -0.3 is 0 Å². The minimum absolute atomic E-state index is 0.227. The number of nitrogens with zero attached hydrogens (tertiary/aromatic N) is 6. The van der Waals surface area contributed by atoms with Crippen LogP contribution in [0.2, 0.25) is 0 Å². The van der Waals surface area contributed by atoms with E-state index in [-0.39, 0.29) is 5.92 Å². The van der Waals surface area contributed by atoms with Gasteiger partial charge in [-0.15, -0.1) is 0 Å². The summed E-state index contributed by atoms with van der Waals surface area (Å²) in [6.07, 6.45) is 7.43. The normalized spacial score (nSPS) is 14.0. The van der Waals surface area contributed by atoms with Gasteiger partial charge in [0.1, 0.15) is 0 Å². The lowest BCUT2D eigenvalue weighted by Gasteiger charge is -2.17. The third-order valence-electron chi connectivity index (χ3n) is 8.35. The lowest BCUT2D eigenvalue weighted by molar-refractivity contribution is 0.854. The van der Waals surface area contributed by atoms with Gasteiger partial charge >= 0.3 is 0 Å². The molecule has 2 heterocycles. The highest BCUT2D eigenvalue weighted by molar-refractivity contribution is 5.74. The van der Waals surface area contributed by atoms with E-state index < -0.39 is 0 Å². The summed E-state index contributed by atoms with van der Waals surface area (Å²) in [7, 11) is 0. The highest BCUT2D eigenvalue weighted by Gasteiger charge is 2.18. The van der Waals surface area contributed by atoms with Gasteiger partial charge in [-0.3, -0.25) is 0 Å². The Morgan fingerprint density at radius 3 is 1.02 bits per heavy atom. The fourth-order valence-electron chi connectivity index (χ4n) is 5.79. The van der Waals surface area contributed by atoms with E-state index in [2.05, 4.69) is 42.5 Å². The van der Waals surface area contributed by atoms with Crippen LogP contribution in [0.5, 0.6) is 0 Å². The Bertz CT molecular complexity index is 2120. The SMILES string of the molecule is C1=CC(c2ccc(-c3nc(-c4ccccc4)nc(-c4ccccc4)n3)cc2)CC=C1c1nc(-c2ccccc2)nc(-c2ccccc2)n1. The van der Waals surface area contributed by atoms with E-state index >= 15 is 0 Å². The Balaban J connectivity index is 1.07. The molecule has 0 saturated carbocycles. The molecule has 0 radical (unpaired) electrons. The van der Waals surface area contributed by atoms with Crippen LogP contribution in [0.15, 0.2) is 164 Å². The number of aromatic nitrogens is 6. The molecule has 0 spiro atoms. The molecule has 0 fully saturated rings. The number of benzene rings is 5. The van der Waals surface area contributed by atoms with E-state index in [1.807, 2.05) is 121 Å². The Labute approximate surface area is 279 Å². The van der Waals surface area contributed by atoms with Gasteiger partial charge in [0.2, 0.25) is 0 Å². The molecule has 1 atom stereocenters. The van der Waals surface area contributed by atoms with Crippen LogP contribution in [0.25, 0.3) is 62.5 Å². The molecule has 5 aromatic carbocycles. The largest absolute Gasteiger partial charge is 0.208 e. The molecule has 2 aromatic heterocycles. The molecule has 1 unspecified atom stereocenters. The monoisotopic (exact) mass is 618 g/mol. The second-order valence-electron chi connectivity index (χ2n) is 11.6. The molecule has 228 valence electrons. The Hall–Kier alpha value is -6.40. The van der Waals surface area contributed by atoms with Crippen molar-refractivity contribution in [1.82, 2.24) is 29.9 Å². The number of allylic oxidation sites excluding steroid dienone is 4. The molecule has 0 saturated heterocycles. The van der Waals surface area contributed by atoms with Gasteiger partial charge in [0.15, 0.2) is 34.9 Å². The second kappa shape index (κ2) is 13.1. The Morgan fingerprint density at radius 2 is 0.688 bits per heavy atom. The molecule has 0 N–H and O–H groups in total. The summed E-state index contributed by atoms with van der Waals surface area (Å²) in [6, 6.07) is 48.7. The predicted octanol–water partition coefficient (Wildman–Crippen LogP) is 9.52. The topological polar surface area (TPSA) is 77.3 Å². The van der Waals surface area contributed by atoms with Crippen molar-refractivity contribution in [3.05, 3.63) is 175 Å². The lowest BCUT2D eigenvalue weighted by atomic mass is 9.89. The second-order valence-corrected chi connectivity index (χ2v) is 11.6. The average Bonchev–Trinajstić information content (AvgIpc) is 3.19. The quantitative estimate of drug-likeness (QED) is 0.177. The summed E-state index contributed by atoms with van der Waals surface area (Å²) in [5.41, 5.74) is 6.98. The highest BCUT2D eigenvalue weighted by atomic mass is 15.0. The molecule has 1 aliphatic rings. The Kier molecular flexibility index (Phi) is 7.95. The standard InChI is InChI=1S/C42H30N6/c1-5-13-31(14-6-1)37-43-38(32-15-7-2-8-16-32)46-41(45-37)35-25-21-29(22-26-35)30-23-27-36(28-24-30)42-47-39(33-17-9-3-10-18-33)44-40(48-42)34-19-11-4-12-20-34/h1-23,25-28,30H,24H2. The maximum Gasteiger partial charge on any atom is 0.164 e. The van der Waals surface area contributed by atoms with Crippen molar-refractivity contribution in [1.29, 1.82) is 0 Å². The van der Waals surface area contributed by atoms with E-state index in [0.717, 1.165) is 39.8 Å². The number of hydrogen-bond donors (Lipinski definition) is 0. The molecule has 6 nitrogen and oxygen atoms in total. The van der Waals surface area contributed by atoms with E-state index in [0.29, 0.717) is 34.9 Å². The average molecular weight is 619 g/mol. The molecule has 6 heteroatoms. The van der Waals surface area contributed by atoms with Gasteiger partial charge in [-0.2, -0.15) is 0 Å². The molecular weight excluding hydrogens is 589 g/mol. The van der Waals surface area contributed by atoms with Crippen molar-refractivity contribution in [2.24, 2.45) is 0 Å². The first-order valence-electron chi connectivity index (χ1n) is 16.0.